The van der Waals surface area contributed by atoms with E-state index in [-0.39, 0.29) is 18.0 Å². The molecule has 0 aliphatic carbocycles. The average Bonchev–Trinajstić information content (AvgIpc) is 3.14. The first-order valence-electron chi connectivity index (χ1n) is 12.9. The minimum absolute atomic E-state index is 0.0208. The van der Waals surface area contributed by atoms with Crippen molar-refractivity contribution in [3.8, 4) is 11.5 Å². The summed E-state index contributed by atoms with van der Waals surface area (Å²) < 4.78 is 11.2. The standard InChI is InChI=1S/C30H30ClN3O4/c1-37-26-16-21-12-14-32-15-13-30(18-25(32)24(21)17-27(26)38-2)28(35)34(23-10-8-22(31)9-11-23)29(36)33(30)19-20-6-4-3-5-7-20/h3-11,16-17,25H,12-15,18-19H2,1-2H3/t25-,30+/m1/s1. The third kappa shape index (κ3) is 3.92. The summed E-state index contributed by atoms with van der Waals surface area (Å²) >= 11 is 6.12. The number of imide groups is 1. The van der Waals surface area contributed by atoms with Gasteiger partial charge in [0.25, 0.3) is 5.91 Å². The molecule has 0 aromatic heterocycles. The molecule has 0 radical (unpaired) electrons. The quantitative estimate of drug-likeness (QED) is 0.409. The van der Waals surface area contributed by atoms with Crippen LogP contribution in [0.4, 0.5) is 10.5 Å². The van der Waals surface area contributed by atoms with Gasteiger partial charge in [-0.2, -0.15) is 0 Å². The molecule has 3 aliphatic heterocycles. The topological polar surface area (TPSA) is 62.3 Å². The van der Waals surface area contributed by atoms with Crippen LogP contribution in [0, 0.1) is 0 Å². The maximum atomic E-state index is 14.4. The largest absolute Gasteiger partial charge is 0.493 e. The number of urea groups is 1. The number of fused-ring (bicyclic) bond motifs is 3. The van der Waals surface area contributed by atoms with Crippen LogP contribution in [-0.4, -0.2) is 54.6 Å². The average molecular weight is 532 g/mol. The molecule has 1 spiro atoms. The fourth-order valence-corrected chi connectivity index (χ4v) is 6.42. The number of ether oxygens (including phenoxy) is 2. The molecule has 0 bridgehead atoms. The van der Waals surface area contributed by atoms with Crippen LogP contribution in [0.5, 0.6) is 11.5 Å². The van der Waals surface area contributed by atoms with E-state index in [0.717, 1.165) is 30.6 Å². The van der Waals surface area contributed by atoms with Crippen LogP contribution in [0.25, 0.3) is 0 Å². The van der Waals surface area contributed by atoms with Crippen molar-refractivity contribution in [3.63, 3.8) is 0 Å². The lowest BCUT2D eigenvalue weighted by atomic mass is 9.76. The maximum Gasteiger partial charge on any atom is 0.332 e. The van der Waals surface area contributed by atoms with Crippen molar-refractivity contribution < 1.29 is 19.1 Å². The van der Waals surface area contributed by atoms with Crippen molar-refractivity contribution in [2.75, 3.05) is 32.2 Å². The molecule has 0 saturated carbocycles. The number of rotatable bonds is 5. The van der Waals surface area contributed by atoms with Gasteiger partial charge in [-0.05, 0) is 72.4 Å². The number of hydrogen-bond acceptors (Lipinski definition) is 5. The molecule has 3 amide bonds. The zero-order valence-electron chi connectivity index (χ0n) is 21.5. The van der Waals surface area contributed by atoms with Gasteiger partial charge in [0.1, 0.15) is 5.54 Å². The van der Waals surface area contributed by atoms with Gasteiger partial charge in [0.15, 0.2) is 11.5 Å². The molecule has 2 atom stereocenters. The molecule has 7 nitrogen and oxygen atoms in total. The summed E-state index contributed by atoms with van der Waals surface area (Å²) in [6.45, 7) is 1.98. The van der Waals surface area contributed by atoms with Crippen LogP contribution in [0.2, 0.25) is 5.02 Å². The summed E-state index contributed by atoms with van der Waals surface area (Å²) in [6.07, 6.45) is 1.99. The number of amides is 3. The van der Waals surface area contributed by atoms with Gasteiger partial charge in [-0.1, -0.05) is 41.9 Å². The lowest BCUT2D eigenvalue weighted by molar-refractivity contribution is -0.129. The van der Waals surface area contributed by atoms with E-state index < -0.39 is 5.54 Å². The number of benzene rings is 3. The first kappa shape index (κ1) is 24.8. The fourth-order valence-electron chi connectivity index (χ4n) is 6.29. The number of carbonyl (C=O) groups is 2. The molecule has 0 N–H and O–H groups in total. The van der Waals surface area contributed by atoms with Crippen LogP contribution < -0.4 is 14.4 Å². The van der Waals surface area contributed by atoms with Gasteiger partial charge >= 0.3 is 6.03 Å². The maximum absolute atomic E-state index is 14.4. The van der Waals surface area contributed by atoms with E-state index in [4.69, 9.17) is 21.1 Å². The van der Waals surface area contributed by atoms with Crippen LogP contribution in [-0.2, 0) is 17.8 Å². The monoisotopic (exact) mass is 531 g/mol. The predicted octanol–water partition coefficient (Wildman–Crippen LogP) is 5.46. The highest BCUT2D eigenvalue weighted by Crippen LogP contribution is 2.49. The molecule has 3 heterocycles. The van der Waals surface area contributed by atoms with E-state index >= 15 is 0 Å². The smallest absolute Gasteiger partial charge is 0.332 e. The zero-order valence-corrected chi connectivity index (χ0v) is 22.3. The number of carbonyl (C=O) groups excluding carboxylic acids is 2. The highest BCUT2D eigenvalue weighted by Gasteiger charge is 2.60. The molecule has 2 saturated heterocycles. The molecular formula is C30H30ClN3O4. The Balaban J connectivity index is 1.43. The van der Waals surface area contributed by atoms with Gasteiger partial charge in [-0.25, -0.2) is 9.69 Å². The molecule has 3 aromatic rings. The summed E-state index contributed by atoms with van der Waals surface area (Å²) in [7, 11) is 3.28. The fraction of sp³-hybridized carbons (Fsp3) is 0.333. The first-order valence-corrected chi connectivity index (χ1v) is 13.3. The zero-order chi connectivity index (χ0) is 26.4. The van der Waals surface area contributed by atoms with Crippen LogP contribution in [0.1, 0.15) is 35.6 Å². The van der Waals surface area contributed by atoms with Crippen molar-refractivity contribution in [2.24, 2.45) is 0 Å². The van der Waals surface area contributed by atoms with Crippen LogP contribution >= 0.6 is 11.6 Å². The lowest BCUT2D eigenvalue weighted by Crippen LogP contribution is -2.58. The van der Waals surface area contributed by atoms with Gasteiger partial charge in [-0.3, -0.25) is 9.69 Å². The van der Waals surface area contributed by atoms with E-state index in [0.29, 0.717) is 41.6 Å². The Morgan fingerprint density at radius 1 is 0.947 bits per heavy atom. The second-order valence-electron chi connectivity index (χ2n) is 10.2. The number of hydrogen-bond donors (Lipinski definition) is 0. The van der Waals surface area contributed by atoms with E-state index in [9.17, 15) is 9.59 Å². The van der Waals surface area contributed by atoms with E-state index in [2.05, 4.69) is 11.0 Å². The Kier molecular flexibility index (Phi) is 6.28. The van der Waals surface area contributed by atoms with Crippen LogP contribution in [0.15, 0.2) is 66.7 Å². The third-order valence-corrected chi connectivity index (χ3v) is 8.52. The number of nitrogens with zero attached hydrogens (tertiary/aromatic N) is 3. The number of piperidine rings is 1. The summed E-state index contributed by atoms with van der Waals surface area (Å²) in [5.41, 5.74) is 2.90. The molecule has 6 rings (SSSR count). The first-order chi connectivity index (χ1) is 18.4. The van der Waals surface area contributed by atoms with E-state index in [1.807, 2.05) is 36.4 Å². The van der Waals surface area contributed by atoms with Crippen molar-refractivity contribution in [1.29, 1.82) is 0 Å². The Labute approximate surface area is 227 Å². The Morgan fingerprint density at radius 3 is 2.37 bits per heavy atom. The molecule has 3 aliphatic rings. The third-order valence-electron chi connectivity index (χ3n) is 8.27. The Morgan fingerprint density at radius 2 is 1.66 bits per heavy atom. The highest BCUT2D eigenvalue weighted by atomic mass is 35.5. The van der Waals surface area contributed by atoms with Gasteiger partial charge in [0, 0.05) is 30.7 Å². The lowest BCUT2D eigenvalue weighted by Gasteiger charge is -2.49. The van der Waals surface area contributed by atoms with Gasteiger partial charge in [0.2, 0.25) is 0 Å². The van der Waals surface area contributed by atoms with Crippen molar-refractivity contribution in [1.82, 2.24) is 9.80 Å². The predicted molar refractivity (Wildman–Crippen MR) is 146 cm³/mol. The SMILES string of the molecule is COc1cc2c(cc1OC)[C@H]1C[C@@]3(CCN1CC2)C(=O)N(c1ccc(Cl)cc1)C(=O)N3Cc1ccccc1. The normalized spacial score (nSPS) is 23.0. The summed E-state index contributed by atoms with van der Waals surface area (Å²) in [5, 5.41) is 0.556. The second kappa shape index (κ2) is 9.64. The second-order valence-corrected chi connectivity index (χ2v) is 10.6. The van der Waals surface area contributed by atoms with E-state index in [1.54, 1.807) is 43.4 Å². The number of methoxy groups -OCH3 is 2. The van der Waals surface area contributed by atoms with Gasteiger partial charge in [0.05, 0.1) is 19.9 Å². The highest BCUT2D eigenvalue weighted by molar-refractivity contribution is 6.31. The summed E-state index contributed by atoms with van der Waals surface area (Å²) in [6, 6.07) is 20.5. The minimum Gasteiger partial charge on any atom is -0.493 e. The van der Waals surface area contributed by atoms with Crippen LogP contribution in [0.3, 0.4) is 0 Å². The minimum atomic E-state index is -0.963. The molecular weight excluding hydrogens is 502 g/mol. The van der Waals surface area contributed by atoms with Gasteiger partial charge in [-0.15, -0.1) is 0 Å². The Hall–Kier alpha value is -3.55. The van der Waals surface area contributed by atoms with Crippen molar-refractivity contribution in [2.45, 2.75) is 37.4 Å². The number of halogens is 1. The van der Waals surface area contributed by atoms with Crippen molar-refractivity contribution >= 4 is 29.2 Å². The molecule has 196 valence electrons. The molecule has 2 fully saturated rings. The summed E-state index contributed by atoms with van der Waals surface area (Å²) in [5.74, 6) is 1.20. The van der Waals surface area contributed by atoms with E-state index in [1.165, 1.54) is 10.5 Å². The van der Waals surface area contributed by atoms with Crippen molar-refractivity contribution in [3.05, 3.63) is 88.4 Å². The van der Waals surface area contributed by atoms with Gasteiger partial charge < -0.3 is 14.4 Å². The molecule has 38 heavy (non-hydrogen) atoms. The molecule has 8 heteroatoms. The molecule has 0 unspecified atom stereocenters. The number of anilines is 1. The Bertz CT molecular complexity index is 1380. The molecule has 3 aromatic carbocycles. The summed E-state index contributed by atoms with van der Waals surface area (Å²) in [4.78, 5) is 33.9.